The summed E-state index contributed by atoms with van der Waals surface area (Å²) in [4.78, 5) is 6.79. The van der Waals surface area contributed by atoms with Crippen LogP contribution in [-0.4, -0.2) is 87.1 Å². The van der Waals surface area contributed by atoms with Crippen molar-refractivity contribution in [2.24, 2.45) is 5.41 Å². The Balaban J connectivity index is 1.60. The number of hydrogen-bond donors (Lipinski definition) is 1. The first-order valence-corrected chi connectivity index (χ1v) is 22.3. The van der Waals surface area contributed by atoms with E-state index in [9.17, 15) is 5.11 Å². The van der Waals surface area contributed by atoms with Crippen LogP contribution >= 0.6 is 0 Å². The third kappa shape index (κ3) is 7.16. The van der Waals surface area contributed by atoms with E-state index in [-0.39, 0.29) is 30.1 Å². The highest BCUT2D eigenvalue weighted by Gasteiger charge is 2.61. The highest BCUT2D eigenvalue weighted by atomic mass is 28.3. The minimum absolute atomic E-state index is 0.0403. The van der Waals surface area contributed by atoms with E-state index < -0.39 is 21.9 Å². The number of hydrogen-bond acceptors (Lipinski definition) is 8. The van der Waals surface area contributed by atoms with E-state index in [1.54, 1.807) is 6.33 Å². The standard InChI is InChI=1S/C29H52N4O5Si2/c1-10-29(18-34)17-22(25-26(29)38-28(2,3)37-25)23-11-12-24-27(30-19-31-33(23)24)32(20-35-13-15-39(4,5)6)21-36-14-16-40(7,8)9/h11-12,19,22,25-26,34H,10,13-18,20-21H2,1-9H3/t22-,25-,26-,29+/m0/s1. The van der Waals surface area contributed by atoms with Gasteiger partial charge in [-0.15, -0.1) is 0 Å². The Morgan fingerprint density at radius 2 is 1.65 bits per heavy atom. The van der Waals surface area contributed by atoms with Crippen molar-refractivity contribution in [1.29, 1.82) is 0 Å². The molecule has 0 spiro atoms. The second kappa shape index (κ2) is 12.1. The molecular weight excluding hydrogens is 541 g/mol. The predicted octanol–water partition coefficient (Wildman–Crippen LogP) is 5.56. The zero-order valence-corrected chi connectivity index (χ0v) is 28.2. The fourth-order valence-electron chi connectivity index (χ4n) is 5.84. The molecule has 40 heavy (non-hydrogen) atoms. The number of aromatic nitrogens is 3. The van der Waals surface area contributed by atoms with E-state index in [1.165, 1.54) is 0 Å². The Labute approximate surface area is 242 Å². The first-order chi connectivity index (χ1) is 18.7. The number of rotatable bonds is 14. The molecule has 4 atom stereocenters. The van der Waals surface area contributed by atoms with Gasteiger partial charge in [0.25, 0.3) is 0 Å². The van der Waals surface area contributed by atoms with Gasteiger partial charge in [-0.25, -0.2) is 9.50 Å². The fourth-order valence-corrected chi connectivity index (χ4v) is 7.36. The van der Waals surface area contributed by atoms with Gasteiger partial charge in [0.1, 0.15) is 25.3 Å². The van der Waals surface area contributed by atoms with E-state index >= 15 is 0 Å². The largest absolute Gasteiger partial charge is 0.396 e. The SMILES string of the molecule is CC[C@]1(CO)C[C@@H](c2ccc3c(N(COCC[Si](C)(C)C)COCC[Si](C)(C)C)ncnn23)[C@@H]2OC(C)(C)O[C@@H]21. The van der Waals surface area contributed by atoms with Gasteiger partial charge in [-0.1, -0.05) is 46.2 Å². The molecule has 3 heterocycles. The zero-order valence-electron chi connectivity index (χ0n) is 26.2. The van der Waals surface area contributed by atoms with Crippen LogP contribution in [0.1, 0.15) is 45.2 Å². The summed E-state index contributed by atoms with van der Waals surface area (Å²) < 4.78 is 27.1. The van der Waals surface area contributed by atoms with Crippen molar-refractivity contribution >= 4 is 27.5 Å². The maximum absolute atomic E-state index is 10.5. The maximum atomic E-state index is 10.5. The summed E-state index contributed by atoms with van der Waals surface area (Å²) in [5, 5.41) is 15.2. The van der Waals surface area contributed by atoms with Crippen LogP contribution in [-0.2, 0) is 18.9 Å². The van der Waals surface area contributed by atoms with Gasteiger partial charge >= 0.3 is 0 Å². The minimum Gasteiger partial charge on any atom is -0.396 e. The number of anilines is 1. The Hall–Kier alpha value is -1.35. The molecule has 4 rings (SSSR count). The second-order valence-electron chi connectivity index (χ2n) is 14.6. The lowest BCUT2D eigenvalue weighted by molar-refractivity contribution is -0.170. The van der Waals surface area contributed by atoms with E-state index in [2.05, 4.69) is 68.3 Å². The number of fused-ring (bicyclic) bond motifs is 2. The smallest absolute Gasteiger partial charge is 0.163 e. The van der Waals surface area contributed by atoms with Crippen molar-refractivity contribution in [3.63, 3.8) is 0 Å². The topological polar surface area (TPSA) is 90.6 Å². The number of aliphatic hydroxyl groups is 1. The summed E-state index contributed by atoms with van der Waals surface area (Å²) in [5.74, 6) is 0.150. The lowest BCUT2D eigenvalue weighted by Gasteiger charge is -2.32. The van der Waals surface area contributed by atoms with Gasteiger partial charge in [0.15, 0.2) is 11.6 Å². The third-order valence-corrected chi connectivity index (χ3v) is 11.8. The van der Waals surface area contributed by atoms with Crippen LogP contribution in [0.4, 0.5) is 5.82 Å². The number of ether oxygens (including phenoxy) is 4. The Bertz CT molecular complexity index is 1100. The molecule has 0 amide bonds. The fraction of sp³-hybridized carbons (Fsp3) is 0.793. The second-order valence-corrected chi connectivity index (χ2v) is 25.8. The van der Waals surface area contributed by atoms with Crippen LogP contribution in [0.25, 0.3) is 5.52 Å². The van der Waals surface area contributed by atoms with Crippen molar-refractivity contribution in [2.75, 3.05) is 38.2 Å². The molecule has 1 N–H and O–H groups in total. The molecule has 11 heteroatoms. The van der Waals surface area contributed by atoms with Crippen LogP contribution in [0.15, 0.2) is 18.5 Å². The molecule has 0 radical (unpaired) electrons. The zero-order chi connectivity index (χ0) is 29.3. The van der Waals surface area contributed by atoms with Gasteiger partial charge in [0.2, 0.25) is 0 Å². The summed E-state index contributed by atoms with van der Waals surface area (Å²) >= 11 is 0. The van der Waals surface area contributed by atoms with Gasteiger partial charge in [0.05, 0.1) is 18.8 Å². The van der Waals surface area contributed by atoms with Gasteiger partial charge in [-0.05, 0) is 50.9 Å². The van der Waals surface area contributed by atoms with Crippen molar-refractivity contribution < 1.29 is 24.1 Å². The van der Waals surface area contributed by atoms with Crippen molar-refractivity contribution in [2.45, 2.75) is 109 Å². The molecule has 1 saturated heterocycles. The normalized spacial score (nSPS) is 26.5. The van der Waals surface area contributed by atoms with Crippen molar-refractivity contribution in [3.05, 3.63) is 24.2 Å². The molecule has 1 saturated carbocycles. The predicted molar refractivity (Wildman–Crippen MR) is 164 cm³/mol. The molecule has 0 bridgehead atoms. The lowest BCUT2D eigenvalue weighted by Crippen LogP contribution is -2.38. The highest BCUT2D eigenvalue weighted by Crippen LogP contribution is 2.56. The molecule has 9 nitrogen and oxygen atoms in total. The van der Waals surface area contributed by atoms with E-state index in [4.69, 9.17) is 23.9 Å². The first kappa shape index (κ1) is 31.6. The molecule has 2 aromatic rings. The summed E-state index contributed by atoms with van der Waals surface area (Å²) in [6, 6.07) is 6.43. The number of aliphatic hydroxyl groups excluding tert-OH is 1. The molecular formula is C29H52N4O5Si2. The van der Waals surface area contributed by atoms with Gasteiger partial charge in [0, 0.05) is 46.4 Å². The summed E-state index contributed by atoms with van der Waals surface area (Å²) in [5.41, 5.74) is 1.62. The van der Waals surface area contributed by atoms with Gasteiger partial charge in [-0.3, -0.25) is 0 Å². The third-order valence-electron chi connectivity index (χ3n) is 8.40. The van der Waals surface area contributed by atoms with Crippen LogP contribution in [0, 0.1) is 5.41 Å². The van der Waals surface area contributed by atoms with E-state index in [0.29, 0.717) is 13.5 Å². The van der Waals surface area contributed by atoms with E-state index in [1.807, 2.05) is 18.4 Å². The van der Waals surface area contributed by atoms with Crippen LogP contribution in [0.3, 0.4) is 0 Å². The van der Waals surface area contributed by atoms with Crippen LogP contribution in [0.5, 0.6) is 0 Å². The molecule has 2 aliphatic rings. The average Bonchev–Trinajstić information content (AvgIpc) is 3.51. The molecule has 0 unspecified atom stereocenters. The molecule has 1 aliphatic heterocycles. The summed E-state index contributed by atoms with van der Waals surface area (Å²) in [6.07, 6.45) is 2.90. The number of nitrogens with zero attached hydrogens (tertiary/aromatic N) is 4. The molecule has 1 aliphatic carbocycles. The molecule has 0 aromatic carbocycles. The van der Waals surface area contributed by atoms with Gasteiger partial charge < -0.3 is 29.0 Å². The quantitative estimate of drug-likeness (QED) is 0.173. The Kier molecular flexibility index (Phi) is 9.56. The Morgan fingerprint density at radius 1 is 1.02 bits per heavy atom. The highest BCUT2D eigenvalue weighted by molar-refractivity contribution is 6.76. The summed E-state index contributed by atoms with van der Waals surface area (Å²) in [6.45, 7) is 22.6. The maximum Gasteiger partial charge on any atom is 0.163 e. The van der Waals surface area contributed by atoms with Crippen LogP contribution in [0.2, 0.25) is 51.4 Å². The van der Waals surface area contributed by atoms with Crippen molar-refractivity contribution in [1.82, 2.24) is 14.6 Å². The summed E-state index contributed by atoms with van der Waals surface area (Å²) in [7, 11) is -2.39. The molecule has 2 aromatic heterocycles. The first-order valence-electron chi connectivity index (χ1n) is 14.9. The average molecular weight is 593 g/mol. The van der Waals surface area contributed by atoms with Gasteiger partial charge in [-0.2, -0.15) is 5.10 Å². The van der Waals surface area contributed by atoms with Crippen LogP contribution < -0.4 is 4.90 Å². The molecule has 226 valence electrons. The van der Waals surface area contributed by atoms with Crippen molar-refractivity contribution in [3.8, 4) is 0 Å². The lowest BCUT2D eigenvalue weighted by atomic mass is 9.81. The monoisotopic (exact) mass is 592 g/mol. The minimum atomic E-state index is -1.20. The van der Waals surface area contributed by atoms with E-state index in [0.717, 1.165) is 55.2 Å². The Morgan fingerprint density at radius 3 is 2.20 bits per heavy atom. The molecule has 2 fully saturated rings.